The van der Waals surface area contributed by atoms with E-state index >= 15 is 0 Å². The van der Waals surface area contributed by atoms with Gasteiger partial charge in [0.1, 0.15) is 6.54 Å². The van der Waals surface area contributed by atoms with Gasteiger partial charge < -0.3 is 9.88 Å². The van der Waals surface area contributed by atoms with Crippen LogP contribution in [0.15, 0.2) is 47.5 Å². The van der Waals surface area contributed by atoms with Crippen LogP contribution in [0.25, 0.3) is 17.2 Å². The van der Waals surface area contributed by atoms with Gasteiger partial charge in [0.2, 0.25) is 11.7 Å². The highest BCUT2D eigenvalue weighted by atomic mass is 19.4. The lowest BCUT2D eigenvalue weighted by Crippen LogP contribution is -2.25. The summed E-state index contributed by atoms with van der Waals surface area (Å²) < 4.78 is 41.7. The van der Waals surface area contributed by atoms with E-state index in [-0.39, 0.29) is 23.7 Å². The maximum absolute atomic E-state index is 12.6. The summed E-state index contributed by atoms with van der Waals surface area (Å²) >= 11 is 0. The first kappa shape index (κ1) is 21.3. The fourth-order valence-electron chi connectivity index (χ4n) is 3.24. The van der Waals surface area contributed by atoms with Crippen molar-refractivity contribution in [1.29, 1.82) is 0 Å². The first-order chi connectivity index (χ1) is 15.1. The zero-order chi connectivity index (χ0) is 23.0. The number of fused-ring (bicyclic) bond motifs is 1. The summed E-state index contributed by atoms with van der Waals surface area (Å²) in [6, 6.07) is 6.78. The number of aryl methyl sites for hydroxylation is 2. The molecule has 4 aromatic rings. The number of carbonyl (C=O) groups excluding carboxylic acids is 1. The number of hydrogen-bond acceptors (Lipinski definition) is 5. The molecule has 0 radical (unpaired) electrons. The molecule has 0 atom stereocenters. The van der Waals surface area contributed by atoms with E-state index in [4.69, 9.17) is 0 Å². The standard InChI is InChI=1S/C20H18F3N7O2/c1-12-7-17(32)30-19(26-18(27-30)14-9-24-28(2)10-14)29(12)11-16(31)25-15-5-3-13(4-6-15)8-20(21,22)23/h3-7,9-10H,8,11H2,1-2H3,(H,25,31). The second kappa shape index (κ2) is 7.94. The van der Waals surface area contributed by atoms with Crippen molar-refractivity contribution >= 4 is 17.4 Å². The van der Waals surface area contributed by atoms with Gasteiger partial charge in [-0.1, -0.05) is 12.1 Å². The number of nitrogens with zero attached hydrogens (tertiary/aromatic N) is 6. The van der Waals surface area contributed by atoms with Gasteiger partial charge in [-0.2, -0.15) is 27.8 Å². The van der Waals surface area contributed by atoms with Crippen LogP contribution in [0, 0.1) is 6.92 Å². The van der Waals surface area contributed by atoms with Crippen LogP contribution in [0.3, 0.4) is 0 Å². The minimum atomic E-state index is -4.30. The van der Waals surface area contributed by atoms with Crippen LogP contribution >= 0.6 is 0 Å². The Morgan fingerprint density at radius 2 is 1.91 bits per heavy atom. The fraction of sp³-hybridized carbons (Fsp3) is 0.250. The first-order valence-corrected chi connectivity index (χ1v) is 9.51. The molecular weight excluding hydrogens is 427 g/mol. The second-order valence-corrected chi connectivity index (χ2v) is 7.30. The highest BCUT2D eigenvalue weighted by molar-refractivity contribution is 5.90. The number of benzene rings is 1. The van der Waals surface area contributed by atoms with Crippen molar-refractivity contribution in [2.45, 2.75) is 26.1 Å². The minimum absolute atomic E-state index is 0.0971. The van der Waals surface area contributed by atoms with Crippen molar-refractivity contribution in [3.63, 3.8) is 0 Å². The lowest BCUT2D eigenvalue weighted by Gasteiger charge is -2.12. The summed E-state index contributed by atoms with van der Waals surface area (Å²) in [5.74, 6) is 0.0351. The molecule has 9 nitrogen and oxygen atoms in total. The quantitative estimate of drug-likeness (QED) is 0.509. The van der Waals surface area contributed by atoms with Crippen LogP contribution in [0.2, 0.25) is 0 Å². The van der Waals surface area contributed by atoms with Crippen molar-refractivity contribution in [2.24, 2.45) is 7.05 Å². The summed E-state index contributed by atoms with van der Waals surface area (Å²) in [7, 11) is 1.74. The molecule has 32 heavy (non-hydrogen) atoms. The lowest BCUT2D eigenvalue weighted by molar-refractivity contribution is -0.127. The highest BCUT2D eigenvalue weighted by Crippen LogP contribution is 2.22. The molecule has 1 N–H and O–H groups in total. The first-order valence-electron chi connectivity index (χ1n) is 9.51. The normalized spacial score (nSPS) is 11.8. The third kappa shape index (κ3) is 4.53. The summed E-state index contributed by atoms with van der Waals surface area (Å²) in [6.45, 7) is 1.49. The Kier molecular flexibility index (Phi) is 5.28. The van der Waals surface area contributed by atoms with E-state index in [2.05, 4.69) is 20.5 Å². The molecule has 0 spiro atoms. The number of carbonyl (C=O) groups is 1. The molecule has 3 heterocycles. The van der Waals surface area contributed by atoms with Gasteiger partial charge in [0, 0.05) is 30.7 Å². The number of aromatic nitrogens is 6. The Hall–Kier alpha value is -3.96. The zero-order valence-electron chi connectivity index (χ0n) is 17.1. The van der Waals surface area contributed by atoms with Crippen LogP contribution in [-0.4, -0.2) is 41.0 Å². The number of hydrogen-bond donors (Lipinski definition) is 1. The van der Waals surface area contributed by atoms with E-state index in [9.17, 15) is 22.8 Å². The number of nitrogens with one attached hydrogen (secondary N) is 1. The van der Waals surface area contributed by atoms with Crippen LogP contribution in [-0.2, 0) is 24.8 Å². The van der Waals surface area contributed by atoms with E-state index in [0.29, 0.717) is 16.9 Å². The average molecular weight is 445 g/mol. The molecule has 0 aliphatic heterocycles. The van der Waals surface area contributed by atoms with E-state index in [1.54, 1.807) is 31.0 Å². The molecular formula is C20H18F3N7O2. The van der Waals surface area contributed by atoms with Gasteiger partial charge in [-0.05, 0) is 24.6 Å². The molecule has 0 saturated heterocycles. The van der Waals surface area contributed by atoms with Gasteiger partial charge in [-0.15, -0.1) is 5.10 Å². The van der Waals surface area contributed by atoms with E-state index in [0.717, 1.165) is 4.52 Å². The molecule has 1 aromatic carbocycles. The molecule has 0 fully saturated rings. The monoisotopic (exact) mass is 445 g/mol. The highest BCUT2D eigenvalue weighted by Gasteiger charge is 2.27. The molecule has 0 saturated carbocycles. The molecule has 12 heteroatoms. The number of alkyl halides is 3. The predicted molar refractivity (Wildman–Crippen MR) is 109 cm³/mol. The molecule has 1 amide bonds. The predicted octanol–water partition coefficient (Wildman–Crippen LogP) is 2.34. The van der Waals surface area contributed by atoms with Gasteiger partial charge in [-0.3, -0.25) is 14.3 Å². The van der Waals surface area contributed by atoms with E-state index < -0.39 is 24.1 Å². The summed E-state index contributed by atoms with van der Waals surface area (Å²) in [6.07, 6.45) is -2.08. The molecule has 0 unspecified atom stereocenters. The van der Waals surface area contributed by atoms with Crippen LogP contribution < -0.4 is 10.9 Å². The topological polar surface area (TPSA) is 99.1 Å². The zero-order valence-corrected chi connectivity index (χ0v) is 17.1. The molecule has 4 rings (SSSR count). The van der Waals surface area contributed by atoms with Crippen molar-refractivity contribution in [3.05, 3.63) is 64.3 Å². The van der Waals surface area contributed by atoms with E-state index in [1.165, 1.54) is 34.9 Å². The number of halogens is 3. The van der Waals surface area contributed by atoms with Gasteiger partial charge in [0.25, 0.3) is 5.56 Å². The van der Waals surface area contributed by atoms with Crippen LogP contribution in [0.5, 0.6) is 0 Å². The fourth-order valence-corrected chi connectivity index (χ4v) is 3.24. The SMILES string of the molecule is Cc1cc(=O)n2nc(-c3cnn(C)c3)nc2n1CC(=O)Nc1ccc(CC(F)(F)F)cc1. The van der Waals surface area contributed by atoms with Crippen molar-refractivity contribution in [1.82, 2.24) is 28.9 Å². The maximum atomic E-state index is 12.6. The van der Waals surface area contributed by atoms with Crippen molar-refractivity contribution in [3.8, 4) is 11.4 Å². The molecule has 166 valence electrons. The third-order valence-electron chi connectivity index (χ3n) is 4.71. The van der Waals surface area contributed by atoms with Gasteiger partial charge in [0.15, 0.2) is 5.82 Å². The van der Waals surface area contributed by atoms with E-state index in [1.807, 2.05) is 0 Å². The Labute approximate surface area is 179 Å². The summed E-state index contributed by atoms with van der Waals surface area (Å²) in [5, 5.41) is 10.9. The van der Waals surface area contributed by atoms with Crippen molar-refractivity contribution in [2.75, 3.05) is 5.32 Å². The Bertz CT molecular complexity index is 1350. The summed E-state index contributed by atoms with van der Waals surface area (Å²) in [4.78, 5) is 29.3. The molecule has 3 aromatic heterocycles. The van der Waals surface area contributed by atoms with Crippen LogP contribution in [0.4, 0.5) is 18.9 Å². The lowest BCUT2D eigenvalue weighted by atomic mass is 10.1. The second-order valence-electron chi connectivity index (χ2n) is 7.30. The number of rotatable bonds is 5. The van der Waals surface area contributed by atoms with Crippen molar-refractivity contribution < 1.29 is 18.0 Å². The van der Waals surface area contributed by atoms with Gasteiger partial charge in [0.05, 0.1) is 18.2 Å². The third-order valence-corrected chi connectivity index (χ3v) is 4.71. The van der Waals surface area contributed by atoms with Crippen LogP contribution in [0.1, 0.15) is 11.3 Å². The Morgan fingerprint density at radius 1 is 1.19 bits per heavy atom. The Balaban J connectivity index is 1.57. The number of amides is 1. The minimum Gasteiger partial charge on any atom is -0.325 e. The van der Waals surface area contributed by atoms with Gasteiger partial charge in [-0.25, -0.2) is 0 Å². The molecule has 0 bridgehead atoms. The largest absolute Gasteiger partial charge is 0.393 e. The Morgan fingerprint density at radius 3 is 2.53 bits per heavy atom. The molecule has 0 aliphatic rings. The summed E-state index contributed by atoms with van der Waals surface area (Å²) in [5.41, 5.74) is 1.18. The smallest absolute Gasteiger partial charge is 0.325 e. The average Bonchev–Trinajstić information content (AvgIpc) is 3.32. The number of anilines is 1. The molecule has 0 aliphatic carbocycles. The maximum Gasteiger partial charge on any atom is 0.393 e. The van der Waals surface area contributed by atoms with Gasteiger partial charge >= 0.3 is 6.18 Å².